The van der Waals surface area contributed by atoms with Crippen molar-refractivity contribution in [1.29, 1.82) is 0 Å². The van der Waals surface area contributed by atoms with Crippen molar-refractivity contribution in [1.82, 2.24) is 9.80 Å². The van der Waals surface area contributed by atoms with Gasteiger partial charge in [-0.3, -0.25) is 9.59 Å². The number of carboxylic acid groups (broad SMARTS) is 2. The van der Waals surface area contributed by atoms with Gasteiger partial charge >= 0.3 is 11.9 Å². The SMILES string of the molecule is O=C(O)C1=C(C(=O)N2CCN(C(=O)C3=C(C(=O)O)C4C=CC3C4)CC2)C2C=CC1C2. The number of rotatable bonds is 4. The molecular weight excluding hydrogens is 388 g/mol. The van der Waals surface area contributed by atoms with Crippen LogP contribution in [0, 0.1) is 23.7 Å². The summed E-state index contributed by atoms with van der Waals surface area (Å²) in [5.74, 6) is -3.27. The Morgan fingerprint density at radius 2 is 0.900 bits per heavy atom. The first-order valence-corrected chi connectivity index (χ1v) is 10.3. The fourth-order valence-electron chi connectivity index (χ4n) is 5.60. The van der Waals surface area contributed by atoms with Gasteiger partial charge in [-0.25, -0.2) is 9.59 Å². The van der Waals surface area contributed by atoms with E-state index in [1.807, 2.05) is 24.3 Å². The third-order valence-corrected chi connectivity index (χ3v) is 7.01. The van der Waals surface area contributed by atoms with Crippen LogP contribution in [-0.4, -0.2) is 69.9 Å². The second-order valence-corrected chi connectivity index (χ2v) is 8.52. The lowest BCUT2D eigenvalue weighted by molar-refractivity contribution is -0.137. The zero-order valence-electron chi connectivity index (χ0n) is 16.3. The zero-order valence-corrected chi connectivity index (χ0v) is 16.3. The minimum absolute atomic E-state index is 0.141. The smallest absolute Gasteiger partial charge is 0.332 e. The molecule has 4 unspecified atom stereocenters. The molecule has 0 aromatic rings. The molecule has 1 fully saturated rings. The molecule has 8 heteroatoms. The van der Waals surface area contributed by atoms with Crippen LogP contribution in [-0.2, 0) is 19.2 Å². The normalized spacial score (nSPS) is 31.3. The fraction of sp³-hybridized carbons (Fsp3) is 0.455. The van der Waals surface area contributed by atoms with Crippen molar-refractivity contribution < 1.29 is 29.4 Å². The molecule has 1 saturated heterocycles. The van der Waals surface area contributed by atoms with E-state index in [9.17, 15) is 29.4 Å². The minimum Gasteiger partial charge on any atom is -0.478 e. The molecule has 0 saturated carbocycles. The second kappa shape index (κ2) is 6.68. The van der Waals surface area contributed by atoms with Crippen molar-refractivity contribution in [3.63, 3.8) is 0 Å². The first-order chi connectivity index (χ1) is 14.4. The van der Waals surface area contributed by atoms with Gasteiger partial charge in [0.2, 0.25) is 0 Å². The van der Waals surface area contributed by atoms with Crippen LogP contribution in [0.1, 0.15) is 12.8 Å². The Hall–Kier alpha value is -3.16. The van der Waals surface area contributed by atoms with E-state index in [0.717, 1.165) is 0 Å². The summed E-state index contributed by atoms with van der Waals surface area (Å²) < 4.78 is 0. The van der Waals surface area contributed by atoms with Crippen molar-refractivity contribution >= 4 is 23.8 Å². The zero-order chi connectivity index (χ0) is 21.2. The van der Waals surface area contributed by atoms with Gasteiger partial charge in [-0.2, -0.15) is 0 Å². The summed E-state index contributed by atoms with van der Waals surface area (Å²) >= 11 is 0. The lowest BCUT2D eigenvalue weighted by Gasteiger charge is -2.36. The summed E-state index contributed by atoms with van der Waals surface area (Å²) in [7, 11) is 0. The van der Waals surface area contributed by atoms with E-state index in [4.69, 9.17) is 0 Å². The van der Waals surface area contributed by atoms with Crippen molar-refractivity contribution in [3.05, 3.63) is 46.6 Å². The molecule has 0 spiro atoms. The van der Waals surface area contributed by atoms with E-state index in [1.54, 1.807) is 9.80 Å². The maximum atomic E-state index is 13.1. The van der Waals surface area contributed by atoms with E-state index in [0.29, 0.717) is 50.2 Å². The van der Waals surface area contributed by atoms with Gasteiger partial charge in [0, 0.05) is 61.0 Å². The number of aliphatic carboxylic acids is 2. The number of hydrogen-bond acceptors (Lipinski definition) is 4. The maximum absolute atomic E-state index is 13.1. The van der Waals surface area contributed by atoms with Gasteiger partial charge in [-0.1, -0.05) is 24.3 Å². The molecule has 5 aliphatic rings. The maximum Gasteiger partial charge on any atom is 0.332 e. The monoisotopic (exact) mass is 410 g/mol. The van der Waals surface area contributed by atoms with E-state index in [1.165, 1.54) is 0 Å². The second-order valence-electron chi connectivity index (χ2n) is 8.52. The van der Waals surface area contributed by atoms with E-state index in [-0.39, 0.29) is 46.6 Å². The largest absolute Gasteiger partial charge is 0.478 e. The molecule has 30 heavy (non-hydrogen) atoms. The fourth-order valence-corrected chi connectivity index (χ4v) is 5.60. The third-order valence-electron chi connectivity index (χ3n) is 7.01. The van der Waals surface area contributed by atoms with Gasteiger partial charge in [-0.05, 0) is 12.8 Å². The molecule has 4 bridgehead atoms. The number of nitrogens with zero attached hydrogens (tertiary/aromatic N) is 2. The summed E-state index contributed by atoms with van der Waals surface area (Å²) in [6, 6.07) is 0. The molecular formula is C22H22N2O6. The van der Waals surface area contributed by atoms with Gasteiger partial charge in [0.05, 0.1) is 11.1 Å². The Morgan fingerprint density at radius 3 is 1.20 bits per heavy atom. The average Bonchev–Trinajstić information content (AvgIpc) is 3.52. The van der Waals surface area contributed by atoms with Crippen LogP contribution in [0.3, 0.4) is 0 Å². The Balaban J connectivity index is 1.29. The molecule has 156 valence electrons. The molecule has 1 aliphatic heterocycles. The summed E-state index contributed by atoms with van der Waals surface area (Å²) in [6.07, 6.45) is 8.82. The van der Waals surface area contributed by atoms with Crippen molar-refractivity contribution in [3.8, 4) is 0 Å². The molecule has 2 N–H and O–H groups in total. The number of allylic oxidation sites excluding steroid dienone is 4. The Labute approximate surface area is 172 Å². The molecule has 8 nitrogen and oxygen atoms in total. The van der Waals surface area contributed by atoms with Gasteiger partial charge in [0.25, 0.3) is 11.8 Å². The quantitative estimate of drug-likeness (QED) is 0.664. The summed E-state index contributed by atoms with van der Waals surface area (Å²) in [6.45, 7) is 1.23. The Bertz CT molecular complexity index is 915. The number of carbonyl (C=O) groups is 4. The van der Waals surface area contributed by atoms with E-state index >= 15 is 0 Å². The van der Waals surface area contributed by atoms with E-state index < -0.39 is 11.9 Å². The van der Waals surface area contributed by atoms with Crippen LogP contribution in [0.2, 0.25) is 0 Å². The van der Waals surface area contributed by atoms with Crippen molar-refractivity contribution in [2.45, 2.75) is 12.8 Å². The predicted molar refractivity (Wildman–Crippen MR) is 104 cm³/mol. The summed E-state index contributed by atoms with van der Waals surface area (Å²) in [4.78, 5) is 52.6. The third kappa shape index (κ3) is 2.66. The highest BCUT2D eigenvalue weighted by Crippen LogP contribution is 2.46. The summed E-state index contributed by atoms with van der Waals surface area (Å²) in [5.41, 5.74) is 1.17. The Kier molecular flexibility index (Phi) is 4.20. The predicted octanol–water partition coefficient (Wildman–Crippen LogP) is 0.831. The molecule has 0 aromatic carbocycles. The minimum atomic E-state index is -1.04. The lowest BCUT2D eigenvalue weighted by atomic mass is 9.95. The standard InChI is InChI=1S/C22H22N2O6/c25-19(15-11-1-3-13(9-11)17(15)21(27)28)23-5-7-24(8-6-23)20(26)16-12-2-4-14(10-12)18(16)22(29)30/h1-4,11-14H,5-10H2,(H,27,28)(H,29,30). The molecule has 1 heterocycles. The lowest BCUT2D eigenvalue weighted by Crippen LogP contribution is -2.52. The molecule has 4 atom stereocenters. The van der Waals surface area contributed by atoms with Gasteiger partial charge in [-0.15, -0.1) is 0 Å². The topological polar surface area (TPSA) is 115 Å². The Morgan fingerprint density at radius 1 is 0.600 bits per heavy atom. The van der Waals surface area contributed by atoms with Crippen LogP contribution < -0.4 is 0 Å². The van der Waals surface area contributed by atoms with Gasteiger partial charge < -0.3 is 20.0 Å². The molecule has 5 rings (SSSR count). The molecule has 0 radical (unpaired) electrons. The molecule has 4 aliphatic carbocycles. The first kappa shape index (κ1) is 18.8. The van der Waals surface area contributed by atoms with Crippen molar-refractivity contribution in [2.24, 2.45) is 23.7 Å². The number of amides is 2. The highest BCUT2D eigenvalue weighted by Gasteiger charge is 2.45. The van der Waals surface area contributed by atoms with Gasteiger partial charge in [0.1, 0.15) is 0 Å². The highest BCUT2D eigenvalue weighted by atomic mass is 16.4. The molecule has 2 amide bonds. The van der Waals surface area contributed by atoms with Crippen LogP contribution >= 0.6 is 0 Å². The van der Waals surface area contributed by atoms with Crippen molar-refractivity contribution in [2.75, 3.05) is 26.2 Å². The van der Waals surface area contributed by atoms with Crippen LogP contribution in [0.4, 0.5) is 0 Å². The first-order valence-electron chi connectivity index (χ1n) is 10.3. The number of piperazine rings is 1. The number of carbonyl (C=O) groups excluding carboxylic acids is 2. The highest BCUT2D eigenvalue weighted by molar-refractivity contribution is 6.06. The molecule has 0 aromatic heterocycles. The van der Waals surface area contributed by atoms with Gasteiger partial charge in [0.15, 0.2) is 0 Å². The number of fused-ring (bicyclic) bond motifs is 4. The van der Waals surface area contributed by atoms with Crippen LogP contribution in [0.15, 0.2) is 46.6 Å². The average molecular weight is 410 g/mol. The van der Waals surface area contributed by atoms with Crippen LogP contribution in [0.25, 0.3) is 0 Å². The number of carboxylic acids is 2. The van der Waals surface area contributed by atoms with E-state index in [2.05, 4.69) is 0 Å². The number of hydrogen-bond donors (Lipinski definition) is 2. The summed E-state index contributed by atoms with van der Waals surface area (Å²) in [5, 5.41) is 19.1. The van der Waals surface area contributed by atoms with Crippen LogP contribution in [0.5, 0.6) is 0 Å².